The molecule has 7 rings (SSSR count). The number of ketones is 2. The van der Waals surface area contributed by atoms with Gasteiger partial charge in [-0.2, -0.15) is 0 Å². The first-order valence-corrected chi connectivity index (χ1v) is 21.3. The van der Waals surface area contributed by atoms with Gasteiger partial charge in [-0.25, -0.2) is 0 Å². The minimum atomic E-state index is -0.113. The molecule has 1 aliphatic rings. The number of rotatable bonds is 8. The molecule has 0 radical (unpaired) electrons. The molecule has 1 aliphatic carbocycles. The fourth-order valence-electron chi connectivity index (χ4n) is 5.08. The van der Waals surface area contributed by atoms with Gasteiger partial charge in [-0.15, -0.1) is 0 Å². The Bertz CT molecular complexity index is 1690. The maximum Gasteiger partial charge on any atom is 0.196 e. The summed E-state index contributed by atoms with van der Waals surface area (Å²) in [5.41, 5.74) is 1.92. The summed E-state index contributed by atoms with van der Waals surface area (Å²) in [5.74, 6) is -0.227. The molecule has 0 spiro atoms. The Morgan fingerprint density at radius 1 is 0.269 bits per heavy atom. The fraction of sp³-hybridized carbons (Fsp3) is 0.174. The molecule has 0 saturated carbocycles. The number of fused-ring (bicyclic) bond motifs is 2. The van der Waals surface area contributed by atoms with Crippen molar-refractivity contribution in [2.24, 2.45) is 0 Å². The predicted octanol–water partition coefficient (Wildman–Crippen LogP) is 15.2. The summed E-state index contributed by atoms with van der Waals surface area (Å²) in [6.45, 7) is 16.0. The van der Waals surface area contributed by atoms with Crippen molar-refractivity contribution in [3.05, 3.63) is 168 Å². The van der Waals surface area contributed by atoms with Gasteiger partial charge >= 0.3 is 0 Å². The van der Waals surface area contributed by atoms with Crippen molar-refractivity contribution in [2.75, 3.05) is 0 Å². The Morgan fingerprint density at radius 3 is 0.615 bits per heavy atom. The first-order chi connectivity index (χ1) is 25.7. The summed E-state index contributed by atoms with van der Waals surface area (Å²) in [6, 6.07) is 47.9. The van der Waals surface area contributed by atoms with Gasteiger partial charge in [0.05, 0.1) is 0 Å². The Hall–Kier alpha value is -3.94. The van der Waals surface area contributed by atoms with Crippen LogP contribution in [-0.2, 0) is 0 Å². The SMILES string of the molecule is CC.CC.CC.CC.O=C1c2c(Sc3ccccc3)ccc(Sc3ccccc3)c2C(=O)c2c(Sc3ccccc3)ccc(Sc3ccccc3)c21. The molecule has 0 N–H and O–H groups in total. The van der Waals surface area contributed by atoms with Gasteiger partial charge in [0.25, 0.3) is 0 Å². The highest BCUT2D eigenvalue weighted by Crippen LogP contribution is 2.48. The van der Waals surface area contributed by atoms with Crippen LogP contribution in [0.3, 0.4) is 0 Å². The van der Waals surface area contributed by atoms with Gasteiger partial charge in [0.1, 0.15) is 0 Å². The van der Waals surface area contributed by atoms with Crippen molar-refractivity contribution in [1.82, 2.24) is 0 Å². The Morgan fingerprint density at radius 2 is 0.442 bits per heavy atom. The van der Waals surface area contributed by atoms with Crippen molar-refractivity contribution in [1.29, 1.82) is 0 Å². The molecule has 0 unspecified atom stereocenters. The molecule has 52 heavy (non-hydrogen) atoms. The van der Waals surface area contributed by atoms with Crippen LogP contribution in [0, 0.1) is 0 Å². The average molecular weight is 761 g/mol. The van der Waals surface area contributed by atoms with Crippen LogP contribution in [-0.4, -0.2) is 11.6 Å². The first-order valence-electron chi connectivity index (χ1n) is 18.0. The summed E-state index contributed by atoms with van der Waals surface area (Å²) in [7, 11) is 0. The van der Waals surface area contributed by atoms with Gasteiger partial charge in [0.15, 0.2) is 11.6 Å². The minimum Gasteiger partial charge on any atom is -0.288 e. The Labute approximate surface area is 328 Å². The van der Waals surface area contributed by atoms with Gasteiger partial charge in [-0.3, -0.25) is 9.59 Å². The molecule has 0 amide bonds. The first kappa shape index (κ1) is 42.5. The van der Waals surface area contributed by atoms with Crippen LogP contribution < -0.4 is 0 Å². The van der Waals surface area contributed by atoms with Crippen LogP contribution in [0.2, 0.25) is 0 Å². The lowest BCUT2D eigenvalue weighted by Crippen LogP contribution is -2.24. The Balaban J connectivity index is 0.000000855. The Kier molecular flexibility index (Phi) is 18.7. The van der Waals surface area contributed by atoms with Crippen LogP contribution in [0.25, 0.3) is 0 Å². The van der Waals surface area contributed by atoms with E-state index < -0.39 is 0 Å². The maximum atomic E-state index is 14.9. The molecule has 268 valence electrons. The smallest absolute Gasteiger partial charge is 0.196 e. The molecule has 0 aliphatic heterocycles. The molecule has 0 bridgehead atoms. The standard InChI is InChI=1S/C38H24O2S4.4C2H6/c39-37-33-29(41-25-13-5-1-6-14-25)21-22-30(42-26-15-7-2-8-16-26)34(33)38(40)36-32(44-28-19-11-4-12-20-28)24-23-31(35(36)37)43-27-17-9-3-10-18-27;4*1-2/h1-24H;4*1-2H3. The molecule has 6 aromatic carbocycles. The third kappa shape index (κ3) is 10.6. The van der Waals surface area contributed by atoms with E-state index in [1.54, 1.807) is 0 Å². The van der Waals surface area contributed by atoms with Crippen molar-refractivity contribution in [2.45, 2.75) is 94.6 Å². The minimum absolute atomic E-state index is 0.113. The van der Waals surface area contributed by atoms with E-state index in [-0.39, 0.29) is 11.6 Å². The van der Waals surface area contributed by atoms with E-state index in [1.807, 2.05) is 201 Å². The zero-order valence-corrected chi connectivity index (χ0v) is 34.6. The van der Waals surface area contributed by atoms with Crippen molar-refractivity contribution in [3.8, 4) is 0 Å². The number of hydrogen-bond acceptors (Lipinski definition) is 6. The number of benzene rings is 6. The monoisotopic (exact) mass is 760 g/mol. The van der Waals surface area contributed by atoms with Gasteiger partial charge in [-0.05, 0) is 72.8 Å². The molecule has 6 heteroatoms. The van der Waals surface area contributed by atoms with Crippen LogP contribution in [0.15, 0.2) is 185 Å². The topological polar surface area (TPSA) is 34.1 Å². The van der Waals surface area contributed by atoms with Crippen LogP contribution >= 0.6 is 47.0 Å². The lowest BCUT2D eigenvalue weighted by molar-refractivity contribution is 0.0970. The average Bonchev–Trinajstić information content (AvgIpc) is 3.22. The zero-order valence-electron chi connectivity index (χ0n) is 31.3. The van der Waals surface area contributed by atoms with E-state index in [9.17, 15) is 9.59 Å². The number of carbonyl (C=O) groups excluding carboxylic acids is 2. The zero-order chi connectivity index (χ0) is 37.9. The summed E-state index contributed by atoms with van der Waals surface area (Å²) >= 11 is 6.08. The highest BCUT2D eigenvalue weighted by atomic mass is 32.2. The normalized spacial score (nSPS) is 10.7. The molecule has 0 heterocycles. The fourth-order valence-corrected chi connectivity index (χ4v) is 9.00. The van der Waals surface area contributed by atoms with E-state index in [1.165, 1.54) is 47.0 Å². The van der Waals surface area contributed by atoms with Gasteiger partial charge in [0, 0.05) is 61.4 Å². The number of hydrogen-bond donors (Lipinski definition) is 0. The molecular formula is C46H48O2S4. The quantitative estimate of drug-likeness (QED) is 0.153. The van der Waals surface area contributed by atoms with E-state index in [0.717, 1.165) is 39.2 Å². The second-order valence-electron chi connectivity index (χ2n) is 9.94. The van der Waals surface area contributed by atoms with Crippen molar-refractivity contribution < 1.29 is 9.59 Å². The third-order valence-corrected chi connectivity index (χ3v) is 11.3. The second-order valence-corrected chi connectivity index (χ2v) is 14.4. The molecule has 6 aromatic rings. The highest BCUT2D eigenvalue weighted by Gasteiger charge is 2.38. The van der Waals surface area contributed by atoms with Gasteiger partial charge in [-0.1, -0.05) is 175 Å². The van der Waals surface area contributed by atoms with Crippen LogP contribution in [0.5, 0.6) is 0 Å². The van der Waals surface area contributed by atoms with E-state index in [2.05, 4.69) is 0 Å². The lowest BCUT2D eigenvalue weighted by Gasteiger charge is -2.26. The van der Waals surface area contributed by atoms with Crippen molar-refractivity contribution in [3.63, 3.8) is 0 Å². The van der Waals surface area contributed by atoms with E-state index in [0.29, 0.717) is 22.3 Å². The molecule has 0 atom stereocenters. The predicted molar refractivity (Wildman–Crippen MR) is 227 cm³/mol. The van der Waals surface area contributed by atoms with Crippen molar-refractivity contribution >= 4 is 58.6 Å². The van der Waals surface area contributed by atoms with E-state index >= 15 is 0 Å². The lowest BCUT2D eigenvalue weighted by atomic mass is 9.84. The molecular weight excluding hydrogens is 713 g/mol. The molecule has 0 saturated heterocycles. The summed E-state index contributed by atoms with van der Waals surface area (Å²) in [6.07, 6.45) is 0. The van der Waals surface area contributed by atoms with Crippen LogP contribution in [0.4, 0.5) is 0 Å². The van der Waals surface area contributed by atoms with Gasteiger partial charge in [0.2, 0.25) is 0 Å². The molecule has 2 nitrogen and oxygen atoms in total. The van der Waals surface area contributed by atoms with E-state index in [4.69, 9.17) is 0 Å². The summed E-state index contributed by atoms with van der Waals surface area (Å²) in [5, 5.41) is 0. The van der Waals surface area contributed by atoms with Crippen LogP contribution in [0.1, 0.15) is 87.2 Å². The second kappa shape index (κ2) is 22.9. The number of carbonyl (C=O) groups is 2. The third-order valence-electron chi connectivity index (χ3n) is 7.05. The van der Waals surface area contributed by atoms with Gasteiger partial charge < -0.3 is 0 Å². The highest BCUT2D eigenvalue weighted by molar-refractivity contribution is 8.00. The molecule has 0 aromatic heterocycles. The maximum absolute atomic E-state index is 14.9. The summed E-state index contributed by atoms with van der Waals surface area (Å²) in [4.78, 5) is 36.9. The molecule has 0 fully saturated rings. The largest absolute Gasteiger partial charge is 0.288 e. The summed E-state index contributed by atoms with van der Waals surface area (Å²) < 4.78 is 0.